The second-order valence-electron chi connectivity index (χ2n) is 11.0. The first-order valence-corrected chi connectivity index (χ1v) is 16.4. The average molecular weight is 655 g/mol. The van der Waals surface area contributed by atoms with Crippen LogP contribution >= 0.6 is 24.0 Å². The van der Waals surface area contributed by atoms with Gasteiger partial charge in [0.25, 0.3) is 5.91 Å². The highest BCUT2D eigenvalue weighted by Gasteiger charge is 2.31. The van der Waals surface area contributed by atoms with Gasteiger partial charge in [-0.15, -0.1) is 0 Å². The molecule has 0 aromatic heterocycles. The van der Waals surface area contributed by atoms with E-state index in [2.05, 4.69) is 41.3 Å². The Labute approximate surface area is 277 Å². The number of morpholine rings is 1. The second kappa shape index (κ2) is 14.9. The Balaban J connectivity index is 1.18. The normalized spacial score (nSPS) is 16.3. The third-order valence-electron chi connectivity index (χ3n) is 7.91. The van der Waals surface area contributed by atoms with Crippen molar-refractivity contribution in [3.05, 3.63) is 101 Å². The molecule has 1 N–H and O–H groups in total. The van der Waals surface area contributed by atoms with Gasteiger partial charge in [0.2, 0.25) is 0 Å². The van der Waals surface area contributed by atoms with Crippen LogP contribution in [0.1, 0.15) is 11.1 Å². The molecule has 0 saturated carbocycles. The van der Waals surface area contributed by atoms with Gasteiger partial charge in [-0.2, -0.15) is 0 Å². The topological polar surface area (TPSA) is 88.5 Å². The minimum absolute atomic E-state index is 0.116. The van der Waals surface area contributed by atoms with E-state index >= 15 is 0 Å². The number of carboxylic acid groups (broad SMARTS) is 1. The van der Waals surface area contributed by atoms with Gasteiger partial charge >= 0.3 is 5.97 Å². The van der Waals surface area contributed by atoms with Crippen LogP contribution < -0.4 is 9.47 Å². The molecule has 4 aromatic carbocycles. The lowest BCUT2D eigenvalue weighted by Gasteiger charge is -2.26. The number of nitrogens with zero attached hydrogens (tertiary/aromatic N) is 2. The number of hydrogen-bond donors (Lipinski definition) is 1. The standard InChI is InChI=1S/C36H34N2O6S2/c39-34(40)24-44-30-10-5-25(6-11-30)13-14-38-35(41)33(46-36(38)45)22-26-7-12-32(43-20-17-37-15-18-42-19-16-37)31(21-26)29-9-8-27-3-1-2-4-28(27)23-29/h1-12,21-23H,13-20,24H2,(H,39,40). The molecule has 2 heterocycles. The lowest BCUT2D eigenvalue weighted by molar-refractivity contribution is -0.139. The fourth-order valence-electron chi connectivity index (χ4n) is 5.44. The number of thioether (sulfide) groups is 1. The maximum absolute atomic E-state index is 13.4. The van der Waals surface area contributed by atoms with Gasteiger partial charge in [0.15, 0.2) is 6.61 Å². The Bertz CT molecular complexity index is 1770. The molecule has 2 aliphatic heterocycles. The molecule has 1 amide bonds. The summed E-state index contributed by atoms with van der Waals surface area (Å²) in [6, 6.07) is 27.9. The number of carboxylic acids is 1. The summed E-state index contributed by atoms with van der Waals surface area (Å²) in [5, 5.41) is 11.1. The summed E-state index contributed by atoms with van der Waals surface area (Å²) in [6.45, 7) is 4.77. The highest BCUT2D eigenvalue weighted by Crippen LogP contribution is 2.36. The number of thiocarbonyl (C=S) groups is 1. The number of rotatable bonds is 12. The van der Waals surface area contributed by atoms with E-state index in [0.717, 1.165) is 66.2 Å². The summed E-state index contributed by atoms with van der Waals surface area (Å²) in [6.07, 6.45) is 2.50. The number of ether oxygens (including phenoxy) is 3. The number of benzene rings is 4. The number of amides is 1. The van der Waals surface area contributed by atoms with Crippen molar-refractivity contribution in [3.63, 3.8) is 0 Å². The minimum Gasteiger partial charge on any atom is -0.492 e. The van der Waals surface area contributed by atoms with E-state index in [1.54, 1.807) is 17.0 Å². The van der Waals surface area contributed by atoms with Crippen molar-refractivity contribution < 1.29 is 28.9 Å². The molecule has 2 saturated heterocycles. The SMILES string of the molecule is O=C(O)COc1ccc(CCN2C(=O)C(=Cc3ccc(OCCN4CCOCC4)c(-c4ccc5ccccc5c4)c3)SC2=S)cc1. The number of aliphatic carboxylic acids is 1. The molecule has 2 fully saturated rings. The van der Waals surface area contributed by atoms with Crippen LogP contribution in [-0.4, -0.2) is 83.7 Å². The van der Waals surface area contributed by atoms with Crippen molar-refractivity contribution in [2.24, 2.45) is 0 Å². The van der Waals surface area contributed by atoms with Crippen LogP contribution in [0.3, 0.4) is 0 Å². The van der Waals surface area contributed by atoms with E-state index in [1.165, 1.54) is 17.1 Å². The van der Waals surface area contributed by atoms with Gasteiger partial charge in [-0.05, 0) is 70.3 Å². The van der Waals surface area contributed by atoms with Crippen LogP contribution in [0.25, 0.3) is 28.0 Å². The number of carbonyl (C=O) groups excluding carboxylic acids is 1. The second-order valence-corrected chi connectivity index (χ2v) is 12.7. The largest absolute Gasteiger partial charge is 0.492 e. The smallest absolute Gasteiger partial charge is 0.341 e. The maximum atomic E-state index is 13.4. The predicted molar refractivity (Wildman–Crippen MR) is 185 cm³/mol. The maximum Gasteiger partial charge on any atom is 0.341 e. The lowest BCUT2D eigenvalue weighted by Crippen LogP contribution is -2.38. The number of carbonyl (C=O) groups is 2. The third kappa shape index (κ3) is 7.94. The van der Waals surface area contributed by atoms with E-state index in [1.807, 2.05) is 42.5 Å². The molecule has 10 heteroatoms. The van der Waals surface area contributed by atoms with E-state index in [9.17, 15) is 9.59 Å². The molecular formula is C36H34N2O6S2. The Hall–Kier alpha value is -4.22. The molecule has 0 aliphatic carbocycles. The van der Waals surface area contributed by atoms with Crippen LogP contribution in [0.5, 0.6) is 11.5 Å². The van der Waals surface area contributed by atoms with Gasteiger partial charge in [0.1, 0.15) is 22.4 Å². The highest BCUT2D eigenvalue weighted by molar-refractivity contribution is 8.26. The summed E-state index contributed by atoms with van der Waals surface area (Å²) in [5.41, 5.74) is 3.89. The fourth-order valence-corrected chi connectivity index (χ4v) is 6.75. The van der Waals surface area contributed by atoms with Crippen molar-refractivity contribution in [2.75, 3.05) is 52.6 Å². The first kappa shape index (κ1) is 31.7. The van der Waals surface area contributed by atoms with E-state index in [4.69, 9.17) is 31.5 Å². The first-order valence-electron chi connectivity index (χ1n) is 15.2. The summed E-state index contributed by atoms with van der Waals surface area (Å²) < 4.78 is 17.6. The first-order chi connectivity index (χ1) is 22.4. The molecule has 0 bridgehead atoms. The van der Waals surface area contributed by atoms with Crippen LogP contribution in [0.15, 0.2) is 89.8 Å². The van der Waals surface area contributed by atoms with Gasteiger partial charge in [-0.3, -0.25) is 14.6 Å². The van der Waals surface area contributed by atoms with Crippen LogP contribution in [0.4, 0.5) is 0 Å². The van der Waals surface area contributed by atoms with E-state index in [0.29, 0.717) is 34.5 Å². The molecule has 236 valence electrons. The van der Waals surface area contributed by atoms with Gasteiger partial charge in [0.05, 0.1) is 18.1 Å². The van der Waals surface area contributed by atoms with Gasteiger partial charge in [0, 0.05) is 31.7 Å². The summed E-state index contributed by atoms with van der Waals surface area (Å²) in [4.78, 5) is 28.7. The molecule has 0 radical (unpaired) electrons. The third-order valence-corrected chi connectivity index (χ3v) is 9.29. The molecule has 2 aliphatic rings. The van der Waals surface area contributed by atoms with Gasteiger partial charge in [-0.25, -0.2) is 4.79 Å². The zero-order valence-electron chi connectivity index (χ0n) is 25.2. The monoisotopic (exact) mass is 654 g/mol. The Kier molecular flexibility index (Phi) is 10.3. The molecule has 0 atom stereocenters. The summed E-state index contributed by atoms with van der Waals surface area (Å²) in [7, 11) is 0. The van der Waals surface area contributed by atoms with Crippen molar-refractivity contribution in [2.45, 2.75) is 6.42 Å². The molecule has 0 spiro atoms. The van der Waals surface area contributed by atoms with Gasteiger partial charge in [-0.1, -0.05) is 78.6 Å². The molecular weight excluding hydrogens is 621 g/mol. The zero-order valence-corrected chi connectivity index (χ0v) is 26.9. The van der Waals surface area contributed by atoms with Crippen LogP contribution in [-0.2, 0) is 20.7 Å². The molecule has 46 heavy (non-hydrogen) atoms. The number of fused-ring (bicyclic) bond motifs is 1. The van der Waals surface area contributed by atoms with Crippen LogP contribution in [0, 0.1) is 0 Å². The summed E-state index contributed by atoms with van der Waals surface area (Å²) >= 11 is 6.90. The molecule has 8 nitrogen and oxygen atoms in total. The van der Waals surface area contributed by atoms with Crippen molar-refractivity contribution >= 4 is 57.0 Å². The van der Waals surface area contributed by atoms with Gasteiger partial charge < -0.3 is 19.3 Å². The fraction of sp³-hybridized carbons (Fsp3) is 0.250. The lowest BCUT2D eigenvalue weighted by atomic mass is 9.98. The minimum atomic E-state index is -1.03. The van der Waals surface area contributed by atoms with Crippen molar-refractivity contribution in [1.29, 1.82) is 0 Å². The molecule has 0 unspecified atom stereocenters. The Morgan fingerprint density at radius 3 is 2.50 bits per heavy atom. The van der Waals surface area contributed by atoms with Crippen LogP contribution in [0.2, 0.25) is 0 Å². The summed E-state index contributed by atoms with van der Waals surface area (Å²) in [5.74, 6) is 0.138. The molecule has 4 aromatic rings. The Morgan fingerprint density at radius 2 is 1.72 bits per heavy atom. The average Bonchev–Trinajstić information content (AvgIpc) is 3.34. The molecule has 6 rings (SSSR count). The van der Waals surface area contributed by atoms with E-state index in [-0.39, 0.29) is 5.91 Å². The highest BCUT2D eigenvalue weighted by atomic mass is 32.2. The zero-order chi connectivity index (χ0) is 31.9. The van der Waals surface area contributed by atoms with Crippen molar-refractivity contribution in [3.8, 4) is 22.6 Å². The Morgan fingerprint density at radius 1 is 0.935 bits per heavy atom. The number of hydrogen-bond acceptors (Lipinski definition) is 8. The van der Waals surface area contributed by atoms with E-state index < -0.39 is 12.6 Å². The predicted octanol–water partition coefficient (Wildman–Crippen LogP) is 6.13. The quantitative estimate of drug-likeness (QED) is 0.143. The van der Waals surface area contributed by atoms with Crippen molar-refractivity contribution in [1.82, 2.24) is 9.80 Å².